The van der Waals surface area contributed by atoms with Crippen LogP contribution >= 0.6 is 23.2 Å². The number of nitrogens with two attached hydrogens (primary N) is 1. The minimum atomic E-state index is 0.0608. The van der Waals surface area contributed by atoms with Gasteiger partial charge in [-0.25, -0.2) is 4.98 Å². The van der Waals surface area contributed by atoms with E-state index in [-0.39, 0.29) is 11.5 Å². The van der Waals surface area contributed by atoms with Crippen molar-refractivity contribution in [1.82, 2.24) is 14.4 Å². The number of benzene rings is 1. The van der Waals surface area contributed by atoms with Crippen LogP contribution in [0.2, 0.25) is 10.0 Å². The zero-order valence-electron chi connectivity index (χ0n) is 18.4. The van der Waals surface area contributed by atoms with Gasteiger partial charge in [-0.3, -0.25) is 9.38 Å². The Labute approximate surface area is 203 Å². The number of nitrogens with zero attached hydrogens (tertiary/aromatic N) is 4. The van der Waals surface area contributed by atoms with E-state index in [2.05, 4.69) is 33.3 Å². The van der Waals surface area contributed by atoms with Gasteiger partial charge in [0.1, 0.15) is 11.5 Å². The Morgan fingerprint density at radius 1 is 1.06 bits per heavy atom. The number of hydrogen-bond acceptors (Lipinski definition) is 4. The van der Waals surface area contributed by atoms with Crippen LogP contribution in [0.3, 0.4) is 0 Å². The molecule has 2 aliphatic rings. The molecule has 7 heteroatoms. The second kappa shape index (κ2) is 7.73. The fourth-order valence-electron chi connectivity index (χ4n) is 5.78. The molecular formula is C26H25Cl2N5. The second-order valence-corrected chi connectivity index (χ2v) is 10.1. The summed E-state index contributed by atoms with van der Waals surface area (Å²) in [5.74, 6) is 1.15. The number of imidazole rings is 1. The van der Waals surface area contributed by atoms with E-state index in [9.17, 15) is 0 Å². The van der Waals surface area contributed by atoms with E-state index in [0.717, 1.165) is 60.5 Å². The van der Waals surface area contributed by atoms with Crippen LogP contribution in [0.1, 0.15) is 35.7 Å². The second-order valence-electron chi connectivity index (χ2n) is 9.33. The summed E-state index contributed by atoms with van der Waals surface area (Å²) in [6.07, 6.45) is 8.82. The molecule has 1 spiro atoms. The average molecular weight is 478 g/mol. The molecule has 1 aromatic carbocycles. The molecule has 0 bridgehead atoms. The largest absolute Gasteiger partial charge is 0.358 e. The van der Waals surface area contributed by atoms with E-state index in [1.54, 1.807) is 0 Å². The molecule has 0 saturated carbocycles. The fourth-order valence-corrected chi connectivity index (χ4v) is 6.18. The van der Waals surface area contributed by atoms with Crippen molar-refractivity contribution in [3.05, 3.63) is 81.9 Å². The van der Waals surface area contributed by atoms with Gasteiger partial charge in [-0.05, 0) is 60.9 Å². The number of pyridine rings is 2. The summed E-state index contributed by atoms with van der Waals surface area (Å²) in [6, 6.07) is 12.2. The summed E-state index contributed by atoms with van der Waals surface area (Å²) in [4.78, 5) is 11.8. The van der Waals surface area contributed by atoms with Gasteiger partial charge in [-0.2, -0.15) is 0 Å². The monoisotopic (exact) mass is 477 g/mol. The Morgan fingerprint density at radius 2 is 1.88 bits per heavy atom. The third-order valence-electron chi connectivity index (χ3n) is 7.60. The van der Waals surface area contributed by atoms with Crippen molar-refractivity contribution in [2.75, 3.05) is 18.0 Å². The maximum Gasteiger partial charge on any atom is 0.146 e. The van der Waals surface area contributed by atoms with Crippen LogP contribution in [-0.4, -0.2) is 27.5 Å². The summed E-state index contributed by atoms with van der Waals surface area (Å²) < 4.78 is 2.17. The minimum absolute atomic E-state index is 0.0608. The van der Waals surface area contributed by atoms with Crippen molar-refractivity contribution in [3.63, 3.8) is 0 Å². The zero-order chi connectivity index (χ0) is 22.7. The fraction of sp³-hybridized carbons (Fsp3) is 0.308. The van der Waals surface area contributed by atoms with Crippen molar-refractivity contribution >= 4 is 34.7 Å². The lowest BCUT2D eigenvalue weighted by atomic mass is 9.73. The third kappa shape index (κ3) is 3.17. The van der Waals surface area contributed by atoms with Gasteiger partial charge in [0.05, 0.1) is 10.0 Å². The maximum atomic E-state index is 6.75. The van der Waals surface area contributed by atoms with Crippen LogP contribution in [-0.2, 0) is 6.42 Å². The Morgan fingerprint density at radius 3 is 2.67 bits per heavy atom. The standard InChI is InChI=1S/C26H25Cl2N5/c1-16-14-21(33-13-10-31-25(33)22(16)18-4-2-6-19(27)23(18)28)32-11-7-26(8-12-32)15-20-17(24(26)29)5-3-9-30-20/h2-6,9-10,13-14,24H,7-8,11-12,15,29H2,1H3/t24-/m1/s1. The number of aromatic nitrogens is 3. The van der Waals surface area contributed by atoms with E-state index < -0.39 is 0 Å². The molecule has 168 valence electrons. The highest BCUT2D eigenvalue weighted by molar-refractivity contribution is 6.43. The van der Waals surface area contributed by atoms with Gasteiger partial charge in [-0.15, -0.1) is 0 Å². The Hall–Kier alpha value is -2.60. The van der Waals surface area contributed by atoms with Crippen molar-refractivity contribution < 1.29 is 0 Å². The molecule has 4 heterocycles. The summed E-state index contributed by atoms with van der Waals surface area (Å²) in [6.45, 7) is 4.02. The molecule has 1 aliphatic carbocycles. The molecule has 33 heavy (non-hydrogen) atoms. The van der Waals surface area contributed by atoms with Gasteiger partial charge in [0.2, 0.25) is 0 Å². The molecule has 4 aromatic rings. The lowest BCUT2D eigenvalue weighted by Gasteiger charge is -2.43. The molecular weight excluding hydrogens is 453 g/mol. The molecule has 3 aromatic heterocycles. The van der Waals surface area contributed by atoms with E-state index in [1.807, 2.05) is 42.9 Å². The van der Waals surface area contributed by atoms with Gasteiger partial charge in [0, 0.05) is 54.5 Å². The van der Waals surface area contributed by atoms with Crippen LogP contribution in [0.5, 0.6) is 0 Å². The average Bonchev–Trinajstić information content (AvgIpc) is 3.40. The van der Waals surface area contributed by atoms with E-state index in [4.69, 9.17) is 33.9 Å². The minimum Gasteiger partial charge on any atom is -0.358 e. The Kier molecular flexibility index (Phi) is 4.91. The number of halogens is 2. The first-order valence-corrected chi connectivity index (χ1v) is 12.1. The van der Waals surface area contributed by atoms with E-state index in [0.29, 0.717) is 10.0 Å². The highest BCUT2D eigenvalue weighted by Crippen LogP contribution is 2.50. The lowest BCUT2D eigenvalue weighted by Crippen LogP contribution is -2.44. The summed E-state index contributed by atoms with van der Waals surface area (Å²) in [7, 11) is 0. The Bertz CT molecular complexity index is 1370. The number of hydrogen-bond donors (Lipinski definition) is 1. The first kappa shape index (κ1) is 21.0. The van der Waals surface area contributed by atoms with Crippen LogP contribution in [0.25, 0.3) is 16.8 Å². The predicted molar refractivity (Wildman–Crippen MR) is 134 cm³/mol. The van der Waals surface area contributed by atoms with Crippen molar-refractivity contribution in [3.8, 4) is 11.1 Å². The predicted octanol–water partition coefficient (Wildman–Crippen LogP) is 5.85. The number of aryl methyl sites for hydroxylation is 1. The number of anilines is 1. The van der Waals surface area contributed by atoms with Gasteiger partial charge in [0.15, 0.2) is 0 Å². The lowest BCUT2D eigenvalue weighted by molar-refractivity contribution is 0.186. The van der Waals surface area contributed by atoms with Crippen molar-refractivity contribution in [2.24, 2.45) is 11.1 Å². The molecule has 0 amide bonds. The maximum absolute atomic E-state index is 6.75. The highest BCUT2D eigenvalue weighted by atomic mass is 35.5. The molecule has 2 N–H and O–H groups in total. The van der Waals surface area contributed by atoms with Gasteiger partial charge in [-0.1, -0.05) is 41.4 Å². The van der Waals surface area contributed by atoms with Crippen LogP contribution in [0, 0.1) is 12.3 Å². The SMILES string of the molecule is Cc1cc(N2CCC3(CC2)Cc2ncccc2[C@H]3N)n2ccnc2c1-c1cccc(Cl)c1Cl. The number of piperidine rings is 1. The molecule has 1 saturated heterocycles. The summed E-state index contributed by atoms with van der Waals surface area (Å²) in [5, 5.41) is 1.11. The molecule has 1 aliphatic heterocycles. The zero-order valence-corrected chi connectivity index (χ0v) is 19.9. The molecule has 0 unspecified atom stereocenters. The molecule has 1 atom stereocenters. The summed E-state index contributed by atoms with van der Waals surface area (Å²) >= 11 is 12.9. The topological polar surface area (TPSA) is 59.5 Å². The van der Waals surface area contributed by atoms with Crippen molar-refractivity contribution in [2.45, 2.75) is 32.2 Å². The van der Waals surface area contributed by atoms with Crippen LogP contribution < -0.4 is 10.6 Å². The van der Waals surface area contributed by atoms with E-state index >= 15 is 0 Å². The highest BCUT2D eigenvalue weighted by Gasteiger charge is 2.46. The number of rotatable bonds is 2. The first-order valence-electron chi connectivity index (χ1n) is 11.3. The van der Waals surface area contributed by atoms with Crippen LogP contribution in [0.15, 0.2) is 55.0 Å². The van der Waals surface area contributed by atoms with Gasteiger partial charge in [0.25, 0.3) is 0 Å². The van der Waals surface area contributed by atoms with Crippen molar-refractivity contribution in [1.29, 1.82) is 0 Å². The normalized spacial score (nSPS) is 19.4. The molecule has 6 rings (SSSR count). The van der Waals surface area contributed by atoms with Crippen LogP contribution in [0.4, 0.5) is 5.82 Å². The molecule has 5 nitrogen and oxygen atoms in total. The smallest absolute Gasteiger partial charge is 0.146 e. The first-order chi connectivity index (χ1) is 16.0. The third-order valence-corrected chi connectivity index (χ3v) is 8.41. The van der Waals surface area contributed by atoms with Gasteiger partial charge < -0.3 is 10.6 Å². The molecule has 1 fully saturated rings. The summed E-state index contributed by atoms with van der Waals surface area (Å²) in [5.41, 5.74) is 13.2. The van der Waals surface area contributed by atoms with E-state index in [1.165, 1.54) is 11.3 Å². The van der Waals surface area contributed by atoms with Gasteiger partial charge >= 0.3 is 0 Å². The Balaban J connectivity index is 1.34. The number of fused-ring (bicyclic) bond motifs is 2. The quantitative estimate of drug-likeness (QED) is 0.393. The molecule has 0 radical (unpaired) electrons.